The number of fused-ring (bicyclic) bond motifs is 3. The molecule has 0 N–H and O–H groups in total. The van der Waals surface area contributed by atoms with Crippen molar-refractivity contribution in [3.05, 3.63) is 191 Å². The molecule has 0 amide bonds. The van der Waals surface area contributed by atoms with Gasteiger partial charge in [0.15, 0.2) is 40.6 Å². The summed E-state index contributed by atoms with van der Waals surface area (Å²) >= 11 is 0. The molecule has 3 heterocycles. The molecular weight excluding hydrogens is 893 g/mol. The van der Waals surface area contributed by atoms with Gasteiger partial charge in [0.25, 0.3) is 0 Å². The molecule has 0 fully saturated rings. The van der Waals surface area contributed by atoms with Crippen LogP contribution in [-0.2, 0) is 21.7 Å². The fourth-order valence-electron chi connectivity index (χ4n) is 9.28. The Morgan fingerprint density at radius 2 is 0.740 bits per heavy atom. The SMILES string of the molecule is [C-]#[N+]c1ccc2c(c1)c1ccccc1n2-c1ccc(-c2nc(-c3ccccc3)nc(-c3ccccc3)n2)cc1-c1nc(-c2cc(C(C)(C)C)cc(C(C)(C)C)c2)nc(-c2cc(C(C)(C)C)cc(C(C)(C)C)c2)n1. The van der Waals surface area contributed by atoms with Gasteiger partial charge in [-0.05, 0) is 110 Å². The Morgan fingerprint density at radius 3 is 1.19 bits per heavy atom. The molecule has 0 radical (unpaired) electrons. The number of hydrogen-bond acceptors (Lipinski definition) is 6. The van der Waals surface area contributed by atoms with Crippen molar-refractivity contribution >= 4 is 27.5 Å². The number of aromatic nitrogens is 7. The van der Waals surface area contributed by atoms with Gasteiger partial charge < -0.3 is 4.57 Å². The van der Waals surface area contributed by atoms with Crippen molar-refractivity contribution in [3.8, 4) is 74.0 Å². The van der Waals surface area contributed by atoms with Crippen molar-refractivity contribution in [1.82, 2.24) is 34.5 Å². The van der Waals surface area contributed by atoms with E-state index in [9.17, 15) is 0 Å². The molecule has 0 saturated heterocycles. The van der Waals surface area contributed by atoms with E-state index in [2.05, 4.69) is 171 Å². The van der Waals surface area contributed by atoms with Gasteiger partial charge in [0.2, 0.25) is 0 Å². The number of hydrogen-bond donors (Lipinski definition) is 0. The van der Waals surface area contributed by atoms with Crippen LogP contribution in [0.2, 0.25) is 0 Å². The van der Waals surface area contributed by atoms with Gasteiger partial charge >= 0.3 is 0 Å². The lowest BCUT2D eigenvalue weighted by molar-refractivity contribution is 0.568. The normalized spacial score (nSPS) is 12.4. The lowest BCUT2D eigenvalue weighted by Gasteiger charge is -2.26. The Bertz CT molecular complexity index is 3560. The molecule has 0 aliphatic carbocycles. The molecule has 3 aromatic heterocycles. The van der Waals surface area contributed by atoms with Crippen LogP contribution in [0.15, 0.2) is 158 Å². The standard InChI is InChI=1S/C65H62N8/c1-62(2,3)45-32-43(33-46(37-45)63(4,5)6)59-70-60(44-34-47(64(7,8)9)38-48(35-44)65(10,11)12)72-61(71-59)52-36-42(58-68-56(40-22-16-14-17-23-40)67-57(69-58)41-24-18-15-19-25-41)28-30-55(52)73-53-27-21-20-26-50(53)51-39-49(66-13)29-31-54(51)73/h14-39H,1-12H3. The molecule has 73 heavy (non-hydrogen) atoms. The maximum Gasteiger partial charge on any atom is 0.188 e. The van der Waals surface area contributed by atoms with Crippen LogP contribution in [0.1, 0.15) is 105 Å². The van der Waals surface area contributed by atoms with E-state index in [0.717, 1.165) is 60.9 Å². The summed E-state index contributed by atoms with van der Waals surface area (Å²) in [6.07, 6.45) is 0. The molecule has 0 bridgehead atoms. The minimum absolute atomic E-state index is 0.149. The molecule has 0 saturated carbocycles. The molecule has 0 aliphatic rings. The van der Waals surface area contributed by atoms with E-state index >= 15 is 0 Å². The van der Waals surface area contributed by atoms with Crippen LogP contribution in [0.4, 0.5) is 5.69 Å². The van der Waals surface area contributed by atoms with Crippen molar-refractivity contribution in [1.29, 1.82) is 0 Å². The fourth-order valence-corrected chi connectivity index (χ4v) is 9.28. The highest BCUT2D eigenvalue weighted by Crippen LogP contribution is 2.41. The first-order valence-corrected chi connectivity index (χ1v) is 25.1. The third-order valence-corrected chi connectivity index (χ3v) is 13.7. The summed E-state index contributed by atoms with van der Waals surface area (Å²) in [6, 6.07) is 54.4. The Kier molecular flexibility index (Phi) is 12.1. The second-order valence-corrected chi connectivity index (χ2v) is 23.3. The number of benzene rings is 7. The molecule has 7 aromatic carbocycles. The molecule has 0 aliphatic heterocycles. The Hall–Kier alpha value is -8.15. The van der Waals surface area contributed by atoms with E-state index in [-0.39, 0.29) is 21.7 Å². The van der Waals surface area contributed by atoms with E-state index in [1.54, 1.807) is 0 Å². The highest BCUT2D eigenvalue weighted by molar-refractivity contribution is 6.10. The van der Waals surface area contributed by atoms with Crippen LogP contribution in [0.3, 0.4) is 0 Å². The first-order valence-electron chi connectivity index (χ1n) is 25.1. The smallest absolute Gasteiger partial charge is 0.188 e. The van der Waals surface area contributed by atoms with E-state index in [1.807, 2.05) is 78.9 Å². The van der Waals surface area contributed by atoms with E-state index < -0.39 is 0 Å². The zero-order chi connectivity index (χ0) is 51.6. The molecule has 10 aromatic rings. The van der Waals surface area contributed by atoms with Crippen molar-refractivity contribution in [2.75, 3.05) is 0 Å². The van der Waals surface area contributed by atoms with Gasteiger partial charge in [0, 0.05) is 38.8 Å². The predicted molar refractivity (Wildman–Crippen MR) is 301 cm³/mol. The van der Waals surface area contributed by atoms with Crippen LogP contribution in [0, 0.1) is 6.57 Å². The average molecular weight is 955 g/mol. The summed E-state index contributed by atoms with van der Waals surface area (Å²) in [5.41, 5.74) is 12.7. The highest BCUT2D eigenvalue weighted by atomic mass is 15.1. The maximum absolute atomic E-state index is 7.94. The average Bonchev–Trinajstić information content (AvgIpc) is 3.70. The maximum atomic E-state index is 7.94. The number of rotatable bonds is 7. The molecule has 0 spiro atoms. The summed E-state index contributed by atoms with van der Waals surface area (Å²) in [5, 5.41) is 2.02. The first kappa shape index (κ1) is 48.5. The topological polar surface area (TPSA) is 86.6 Å². The van der Waals surface area contributed by atoms with Gasteiger partial charge in [-0.3, -0.25) is 0 Å². The van der Waals surface area contributed by atoms with Crippen LogP contribution >= 0.6 is 0 Å². The van der Waals surface area contributed by atoms with Crippen LogP contribution in [0.25, 0.3) is 101 Å². The van der Waals surface area contributed by atoms with E-state index in [4.69, 9.17) is 36.5 Å². The zero-order valence-electron chi connectivity index (χ0n) is 44.1. The quantitative estimate of drug-likeness (QED) is 0.148. The lowest BCUT2D eigenvalue weighted by Crippen LogP contribution is -2.17. The summed E-state index contributed by atoms with van der Waals surface area (Å²) in [6.45, 7) is 35.0. The highest BCUT2D eigenvalue weighted by Gasteiger charge is 2.27. The van der Waals surface area contributed by atoms with Crippen molar-refractivity contribution in [2.45, 2.75) is 105 Å². The van der Waals surface area contributed by atoms with Gasteiger partial charge in [-0.1, -0.05) is 180 Å². The number of nitrogens with zero attached hydrogens (tertiary/aromatic N) is 8. The third kappa shape index (κ3) is 9.68. The number of para-hydroxylation sites is 1. The summed E-state index contributed by atoms with van der Waals surface area (Å²) in [4.78, 5) is 35.9. The lowest BCUT2D eigenvalue weighted by atomic mass is 9.79. The summed E-state index contributed by atoms with van der Waals surface area (Å²) < 4.78 is 2.27. The van der Waals surface area contributed by atoms with Crippen LogP contribution in [-0.4, -0.2) is 34.5 Å². The van der Waals surface area contributed by atoms with Gasteiger partial charge in [-0.25, -0.2) is 34.7 Å². The fraction of sp³-hybridized carbons (Fsp3) is 0.246. The van der Waals surface area contributed by atoms with E-state index in [0.29, 0.717) is 40.6 Å². The summed E-state index contributed by atoms with van der Waals surface area (Å²) in [5.74, 6) is 3.30. The predicted octanol–water partition coefficient (Wildman–Crippen LogP) is 16.9. The molecule has 8 nitrogen and oxygen atoms in total. The second-order valence-electron chi connectivity index (χ2n) is 23.3. The molecule has 362 valence electrons. The van der Waals surface area contributed by atoms with Gasteiger partial charge in [-0.2, -0.15) is 0 Å². The van der Waals surface area contributed by atoms with Crippen molar-refractivity contribution in [2.24, 2.45) is 0 Å². The van der Waals surface area contributed by atoms with Gasteiger partial charge in [0.1, 0.15) is 0 Å². The molecular formula is C65H62N8. The monoisotopic (exact) mass is 955 g/mol. The largest absolute Gasteiger partial charge is 0.309 e. The van der Waals surface area contributed by atoms with Gasteiger partial charge in [-0.15, -0.1) is 0 Å². The first-order chi connectivity index (χ1) is 34.6. The zero-order valence-corrected chi connectivity index (χ0v) is 44.1. The molecule has 0 unspecified atom stereocenters. The third-order valence-electron chi connectivity index (χ3n) is 13.7. The summed E-state index contributed by atoms with van der Waals surface area (Å²) in [7, 11) is 0. The van der Waals surface area contributed by atoms with Crippen molar-refractivity contribution < 1.29 is 0 Å². The Labute approximate surface area is 430 Å². The minimum atomic E-state index is -0.149. The van der Waals surface area contributed by atoms with Crippen molar-refractivity contribution in [3.63, 3.8) is 0 Å². The Morgan fingerprint density at radius 1 is 0.342 bits per heavy atom. The molecule has 0 atom stereocenters. The van der Waals surface area contributed by atoms with E-state index in [1.165, 1.54) is 22.3 Å². The van der Waals surface area contributed by atoms with Crippen LogP contribution in [0.5, 0.6) is 0 Å². The van der Waals surface area contributed by atoms with Gasteiger partial charge in [0.05, 0.1) is 23.3 Å². The Balaban J connectivity index is 1.33. The van der Waals surface area contributed by atoms with Crippen LogP contribution < -0.4 is 0 Å². The molecule has 8 heteroatoms. The molecule has 10 rings (SSSR count). The minimum Gasteiger partial charge on any atom is -0.309 e. The second kappa shape index (κ2) is 18.2.